The fourth-order valence-corrected chi connectivity index (χ4v) is 7.71. The molecule has 0 saturated carbocycles. The molecule has 3 aromatic heterocycles. The van der Waals surface area contributed by atoms with Crippen molar-refractivity contribution in [1.29, 1.82) is 0 Å². The lowest BCUT2D eigenvalue weighted by Crippen LogP contribution is -2.05. The van der Waals surface area contributed by atoms with E-state index in [1.807, 2.05) is 140 Å². The van der Waals surface area contributed by atoms with E-state index < -0.39 is 30.2 Å². The van der Waals surface area contributed by atoms with E-state index in [-0.39, 0.29) is 23.0 Å². The molecule has 0 aliphatic carbocycles. The number of benzene rings is 8. The molecule has 3 heterocycles. The van der Waals surface area contributed by atoms with Crippen LogP contribution in [0.3, 0.4) is 0 Å². The summed E-state index contributed by atoms with van der Waals surface area (Å²) < 4.78 is 45.6. The second-order valence-corrected chi connectivity index (χ2v) is 14.4. The molecular formula is C54H35N7. The summed E-state index contributed by atoms with van der Waals surface area (Å²) >= 11 is 0. The molecule has 0 unspecified atom stereocenters. The molecule has 0 bridgehead atoms. The molecule has 7 nitrogen and oxygen atoms in total. The van der Waals surface area contributed by atoms with Crippen LogP contribution in [0, 0.1) is 0 Å². The molecular weight excluding hydrogens is 747 g/mol. The summed E-state index contributed by atoms with van der Waals surface area (Å²) in [5.74, 6) is 1.79. The highest BCUT2D eigenvalue weighted by atomic mass is 15.1. The summed E-state index contributed by atoms with van der Waals surface area (Å²) in [4.78, 5) is 30.0. The van der Waals surface area contributed by atoms with Gasteiger partial charge in [0.15, 0.2) is 34.9 Å². The van der Waals surface area contributed by atoms with Crippen LogP contribution in [-0.4, -0.2) is 34.5 Å². The Labute approximate surface area is 359 Å². The lowest BCUT2D eigenvalue weighted by atomic mass is 10.0. The van der Waals surface area contributed by atoms with E-state index in [2.05, 4.69) is 47.0 Å². The predicted molar refractivity (Wildman–Crippen MR) is 246 cm³/mol. The molecule has 0 aliphatic rings. The number of para-hydroxylation sites is 1. The van der Waals surface area contributed by atoms with Gasteiger partial charge in [0.25, 0.3) is 0 Å². The minimum Gasteiger partial charge on any atom is -0.308 e. The Bertz CT molecular complexity index is 3560. The fourth-order valence-electron chi connectivity index (χ4n) is 7.71. The number of nitrogens with zero attached hydrogens (tertiary/aromatic N) is 7. The van der Waals surface area contributed by atoms with Gasteiger partial charge in [-0.25, -0.2) is 29.9 Å². The highest BCUT2D eigenvalue weighted by Gasteiger charge is 2.22. The topological polar surface area (TPSA) is 82.3 Å². The van der Waals surface area contributed by atoms with Gasteiger partial charge in [0.2, 0.25) is 0 Å². The van der Waals surface area contributed by atoms with Crippen molar-refractivity contribution in [3.8, 4) is 85.1 Å². The molecule has 0 atom stereocenters. The highest BCUT2D eigenvalue weighted by molar-refractivity contribution is 6.10. The van der Waals surface area contributed by atoms with Gasteiger partial charge >= 0.3 is 0 Å². The van der Waals surface area contributed by atoms with E-state index in [4.69, 9.17) is 36.8 Å². The predicted octanol–water partition coefficient (Wildman–Crippen LogP) is 12.8. The van der Waals surface area contributed by atoms with E-state index in [9.17, 15) is 0 Å². The summed E-state index contributed by atoms with van der Waals surface area (Å²) in [5.41, 5.74) is 8.04. The number of fused-ring (bicyclic) bond motifs is 3. The van der Waals surface area contributed by atoms with Crippen LogP contribution in [0.25, 0.3) is 107 Å². The Kier molecular flexibility index (Phi) is 7.73. The lowest BCUT2D eigenvalue weighted by Gasteiger charge is -2.16. The maximum absolute atomic E-state index is 8.98. The van der Waals surface area contributed by atoms with Gasteiger partial charge in [-0.2, -0.15) is 0 Å². The van der Waals surface area contributed by atoms with Crippen LogP contribution in [0.5, 0.6) is 0 Å². The molecule has 0 radical (unpaired) electrons. The van der Waals surface area contributed by atoms with E-state index in [1.54, 1.807) is 0 Å². The van der Waals surface area contributed by atoms with Crippen LogP contribution in [0.1, 0.15) is 6.85 Å². The standard InChI is InChI=1S/C54H35N7/c1-6-18-36(19-7-1)41-30-32-44-43-28-16-17-29-46(43)61(48(44)35-41)47-33-31-42(53-57-49(37-20-8-2-9-21-37)55-50(58-53)38-22-10-3-11-23-38)34-45(47)54-59-51(39-24-12-4-13-25-39)56-52(60-54)40-26-14-5-15-27-40/h1-35H/i4D,12D,13D,24D,25D. The Morgan fingerprint density at radius 2 is 0.754 bits per heavy atom. The van der Waals surface area contributed by atoms with Gasteiger partial charge in [0.1, 0.15) is 0 Å². The smallest absolute Gasteiger partial charge is 0.166 e. The van der Waals surface area contributed by atoms with Crippen LogP contribution in [0.15, 0.2) is 212 Å². The SMILES string of the molecule is [2H]c1c([2H])c([2H])c(-c2nc(-c3ccccc3)nc(-c3cc(-c4nc(-c5ccccc5)nc(-c5ccccc5)n4)ccc3-n3c4ccccc4c4ccc(-c5ccccc5)cc43)n2)c([2H])c1[2H]. The van der Waals surface area contributed by atoms with Gasteiger partial charge in [-0.05, 0) is 41.5 Å². The minimum absolute atomic E-state index is 0.0707. The number of hydrogen-bond acceptors (Lipinski definition) is 6. The average Bonchev–Trinajstić information content (AvgIpc) is 3.71. The Morgan fingerprint density at radius 1 is 0.311 bits per heavy atom. The third-order valence-corrected chi connectivity index (χ3v) is 10.6. The summed E-state index contributed by atoms with van der Waals surface area (Å²) in [6, 6.07) is 57.4. The second kappa shape index (κ2) is 15.4. The van der Waals surface area contributed by atoms with Crippen molar-refractivity contribution in [2.24, 2.45) is 0 Å². The van der Waals surface area contributed by atoms with E-state index in [0.717, 1.165) is 44.1 Å². The van der Waals surface area contributed by atoms with Crippen LogP contribution in [-0.2, 0) is 0 Å². The molecule has 0 N–H and O–H groups in total. The van der Waals surface area contributed by atoms with E-state index in [0.29, 0.717) is 39.9 Å². The maximum Gasteiger partial charge on any atom is 0.166 e. The molecule has 0 saturated heterocycles. The van der Waals surface area contributed by atoms with E-state index >= 15 is 0 Å². The molecule has 11 aromatic rings. The van der Waals surface area contributed by atoms with E-state index in [1.165, 1.54) is 0 Å². The van der Waals surface area contributed by atoms with Crippen molar-refractivity contribution in [2.75, 3.05) is 0 Å². The van der Waals surface area contributed by atoms with Gasteiger partial charge in [-0.1, -0.05) is 182 Å². The first-order valence-electron chi connectivity index (χ1n) is 22.3. The first-order chi connectivity index (χ1) is 32.3. The van der Waals surface area contributed by atoms with Gasteiger partial charge in [0, 0.05) is 44.2 Å². The number of aromatic nitrogens is 7. The quantitative estimate of drug-likeness (QED) is 0.153. The first-order valence-corrected chi connectivity index (χ1v) is 19.8. The maximum atomic E-state index is 8.98. The molecule has 11 rings (SSSR count). The minimum atomic E-state index is -0.510. The number of hydrogen-bond donors (Lipinski definition) is 0. The average molecular weight is 787 g/mol. The Hall–Kier alpha value is -8.42. The Balaban J connectivity index is 1.24. The Morgan fingerprint density at radius 3 is 1.33 bits per heavy atom. The normalized spacial score (nSPS) is 12.4. The molecule has 61 heavy (non-hydrogen) atoms. The van der Waals surface area contributed by atoms with Gasteiger partial charge in [-0.3, -0.25) is 0 Å². The lowest BCUT2D eigenvalue weighted by molar-refractivity contribution is 1.06. The number of rotatable bonds is 8. The highest BCUT2D eigenvalue weighted by Crippen LogP contribution is 2.39. The monoisotopic (exact) mass is 786 g/mol. The second-order valence-electron chi connectivity index (χ2n) is 14.4. The zero-order valence-electron chi connectivity index (χ0n) is 37.5. The molecule has 7 heteroatoms. The fraction of sp³-hybridized carbons (Fsp3) is 0. The van der Waals surface area contributed by atoms with Crippen LogP contribution >= 0.6 is 0 Å². The summed E-state index contributed by atoms with van der Waals surface area (Å²) in [6.07, 6.45) is 0. The molecule has 0 amide bonds. The molecule has 0 spiro atoms. The van der Waals surface area contributed by atoms with Crippen molar-refractivity contribution in [1.82, 2.24) is 34.5 Å². The molecule has 8 aromatic carbocycles. The third kappa shape index (κ3) is 6.80. The molecule has 0 aliphatic heterocycles. The van der Waals surface area contributed by atoms with Crippen molar-refractivity contribution >= 4 is 21.8 Å². The summed E-state index contributed by atoms with van der Waals surface area (Å²) in [5, 5.41) is 2.08. The zero-order valence-corrected chi connectivity index (χ0v) is 32.5. The van der Waals surface area contributed by atoms with Crippen molar-refractivity contribution in [3.05, 3.63) is 212 Å². The summed E-state index contributed by atoms with van der Waals surface area (Å²) in [7, 11) is 0. The van der Waals surface area contributed by atoms with Crippen molar-refractivity contribution < 1.29 is 6.85 Å². The largest absolute Gasteiger partial charge is 0.308 e. The molecule has 286 valence electrons. The van der Waals surface area contributed by atoms with Crippen molar-refractivity contribution in [3.63, 3.8) is 0 Å². The van der Waals surface area contributed by atoms with Crippen LogP contribution < -0.4 is 0 Å². The van der Waals surface area contributed by atoms with Crippen molar-refractivity contribution in [2.45, 2.75) is 0 Å². The van der Waals surface area contributed by atoms with Gasteiger partial charge in [0.05, 0.1) is 23.6 Å². The third-order valence-electron chi connectivity index (χ3n) is 10.6. The van der Waals surface area contributed by atoms with Gasteiger partial charge < -0.3 is 4.57 Å². The van der Waals surface area contributed by atoms with Crippen LogP contribution in [0.4, 0.5) is 0 Å². The zero-order chi connectivity index (χ0) is 44.9. The first kappa shape index (κ1) is 30.6. The molecule has 0 fully saturated rings. The van der Waals surface area contributed by atoms with Gasteiger partial charge in [-0.15, -0.1) is 0 Å². The summed E-state index contributed by atoms with van der Waals surface area (Å²) in [6.45, 7) is 0. The van der Waals surface area contributed by atoms with Crippen LogP contribution in [0.2, 0.25) is 0 Å².